The maximum absolute atomic E-state index is 12.1. The van der Waals surface area contributed by atoms with E-state index in [1.165, 1.54) is 16.3 Å². The van der Waals surface area contributed by atoms with E-state index in [-0.39, 0.29) is 23.7 Å². The van der Waals surface area contributed by atoms with Gasteiger partial charge in [0, 0.05) is 0 Å². The zero-order valence-electron chi connectivity index (χ0n) is 12.8. The molecule has 4 rings (SSSR count). The molecule has 0 aliphatic carbocycles. The first-order valence-corrected chi connectivity index (χ1v) is 11.5. The third-order valence-electron chi connectivity index (χ3n) is 4.01. The summed E-state index contributed by atoms with van der Waals surface area (Å²) in [6.45, 7) is 0.0296. The Morgan fingerprint density at radius 3 is 3.00 bits per heavy atom. The van der Waals surface area contributed by atoms with E-state index in [0.29, 0.717) is 5.16 Å². The second-order valence-electron chi connectivity index (χ2n) is 5.59. The van der Waals surface area contributed by atoms with Crippen molar-refractivity contribution in [2.75, 3.05) is 18.6 Å². The van der Waals surface area contributed by atoms with Crippen molar-refractivity contribution in [2.45, 2.75) is 29.7 Å². The molecule has 4 heterocycles. The monoisotopic (exact) mass is 409 g/mol. The Balaban J connectivity index is 1.81. The number of aromatic amines is 1. The molecule has 25 heavy (non-hydrogen) atoms. The van der Waals surface area contributed by atoms with Gasteiger partial charge in [-0.15, -0.1) is 0 Å². The van der Waals surface area contributed by atoms with Crippen molar-refractivity contribution in [3.05, 3.63) is 10.4 Å². The van der Waals surface area contributed by atoms with E-state index in [4.69, 9.17) is 19.5 Å². The van der Waals surface area contributed by atoms with E-state index in [1.807, 2.05) is 0 Å². The number of ether oxygens (including phenoxy) is 1. The van der Waals surface area contributed by atoms with Crippen LogP contribution in [0.4, 0.5) is 5.95 Å². The molecule has 2 aliphatic rings. The quantitative estimate of drug-likeness (QED) is 0.247. The fourth-order valence-electron chi connectivity index (χ4n) is 2.97. The minimum absolute atomic E-state index is 0.0296. The van der Waals surface area contributed by atoms with Crippen molar-refractivity contribution in [3.8, 4) is 0 Å². The molecule has 0 saturated carbocycles. The first-order chi connectivity index (χ1) is 11.8. The third kappa shape index (κ3) is 2.84. The fourth-order valence-corrected chi connectivity index (χ4v) is 5.22. The molecule has 0 spiro atoms. The van der Waals surface area contributed by atoms with Crippen molar-refractivity contribution < 1.29 is 23.8 Å². The Hall–Kier alpha value is -0.920. The Labute approximate surface area is 150 Å². The Kier molecular flexibility index (Phi) is 4.24. The van der Waals surface area contributed by atoms with Crippen LogP contribution in [0.15, 0.2) is 9.95 Å². The van der Waals surface area contributed by atoms with Gasteiger partial charge in [-0.05, 0) is 0 Å². The maximum atomic E-state index is 12.1. The molecule has 138 valence electrons. The second-order valence-corrected chi connectivity index (χ2v) is 9.68. The number of aliphatic hydroxyl groups excluding tert-OH is 1. The molecule has 4 atom stereocenters. The summed E-state index contributed by atoms with van der Waals surface area (Å²) >= 11 is 5.21. The summed E-state index contributed by atoms with van der Waals surface area (Å²) in [4.78, 5) is 32.7. The number of nitrogens with zero attached hydrogens (tertiary/aromatic N) is 3. The van der Waals surface area contributed by atoms with Gasteiger partial charge in [-0.1, -0.05) is 0 Å². The van der Waals surface area contributed by atoms with Crippen molar-refractivity contribution in [2.24, 2.45) is 0 Å². The predicted octanol–water partition coefficient (Wildman–Crippen LogP) is -0.571. The number of rotatable bonds is 2. The Bertz CT molecular complexity index is 890. The van der Waals surface area contributed by atoms with Crippen LogP contribution in [0.1, 0.15) is 6.23 Å². The Morgan fingerprint density at radius 2 is 2.28 bits per heavy atom. The fraction of sp³-hybridized carbons (Fsp3) is 0.545. The van der Waals surface area contributed by atoms with E-state index in [1.54, 1.807) is 6.26 Å². The Morgan fingerprint density at radius 1 is 1.52 bits per heavy atom. The number of nitrogens with one attached hydrogen (secondary N) is 1. The molecule has 0 aromatic carbocycles. The zero-order valence-corrected chi connectivity index (χ0v) is 15.5. The van der Waals surface area contributed by atoms with Crippen molar-refractivity contribution >= 4 is 48.3 Å². The van der Waals surface area contributed by atoms with Crippen molar-refractivity contribution in [3.63, 3.8) is 0 Å². The number of imidazole rings is 1. The van der Waals surface area contributed by atoms with E-state index in [2.05, 4.69) is 27.2 Å². The number of hydrogen-bond donors (Lipinski definition) is 5. The number of aliphatic hydroxyl groups is 1. The molecule has 2 aromatic heterocycles. The number of nitrogens with two attached hydrogens (primary N) is 1. The average Bonchev–Trinajstić information content (AvgIpc) is 3.05. The second kappa shape index (κ2) is 6.06. The van der Waals surface area contributed by atoms with Gasteiger partial charge in [0.2, 0.25) is 0 Å². The van der Waals surface area contributed by atoms with Crippen LogP contribution in [-0.2, 0) is 13.8 Å². The summed E-state index contributed by atoms with van der Waals surface area (Å²) in [7, 11) is -3.59. The molecule has 14 heteroatoms. The van der Waals surface area contributed by atoms with Gasteiger partial charge in [-0.2, -0.15) is 0 Å². The number of nitrogen functional groups attached to an aromatic ring is 1. The molecule has 11 nitrogen and oxygen atoms in total. The summed E-state index contributed by atoms with van der Waals surface area (Å²) in [5, 5.41) is 11.1. The van der Waals surface area contributed by atoms with E-state index in [0.717, 1.165) is 0 Å². The van der Waals surface area contributed by atoms with Crippen LogP contribution in [0.25, 0.3) is 11.2 Å². The number of thiol groups is 1. The van der Waals surface area contributed by atoms with Crippen LogP contribution in [0.2, 0.25) is 0 Å². The molecule has 0 radical (unpaired) electrons. The summed E-state index contributed by atoms with van der Waals surface area (Å²) in [5.41, 5.74) is 5.41. The molecule has 5 N–H and O–H groups in total. The van der Waals surface area contributed by atoms with Crippen LogP contribution in [-0.4, -0.2) is 60.7 Å². The van der Waals surface area contributed by atoms with Gasteiger partial charge in [0.15, 0.2) is 0 Å². The number of thioether (sulfide) groups is 1. The third-order valence-corrected chi connectivity index (χ3v) is 6.49. The predicted molar refractivity (Wildman–Crippen MR) is 94.6 cm³/mol. The molecular weight excluding hydrogens is 393 g/mol. The van der Waals surface area contributed by atoms with Crippen LogP contribution < -0.4 is 11.3 Å². The standard InChI is InChI=1S/C11H16N5O6PS2/c1-25-11-13-4-7(14-10(12)15-8(4)18)16(11)9-5(17)6-3(21-9)2-20-23(19,24)22-6/h3,5-6,9,17,19,23-24H,2H2,1H3,(H3,12,14,15,18)/t3?,5-,6+,9+/m0/s1. The molecule has 1 unspecified atom stereocenters. The number of aromatic nitrogens is 4. The first-order valence-electron chi connectivity index (χ1n) is 7.22. The van der Waals surface area contributed by atoms with Gasteiger partial charge < -0.3 is 0 Å². The first kappa shape index (κ1) is 17.5. The topological polar surface area (TPSA) is 158 Å². The van der Waals surface area contributed by atoms with Crippen LogP contribution in [0, 0.1) is 0 Å². The van der Waals surface area contributed by atoms with E-state index >= 15 is 0 Å². The molecular formula is C11H16N5O6PS2. The van der Waals surface area contributed by atoms with Gasteiger partial charge in [0.05, 0.1) is 0 Å². The van der Waals surface area contributed by atoms with Gasteiger partial charge in [0.25, 0.3) is 0 Å². The average molecular weight is 409 g/mol. The summed E-state index contributed by atoms with van der Waals surface area (Å²) < 4.78 is 17.9. The van der Waals surface area contributed by atoms with Crippen molar-refractivity contribution in [1.82, 2.24) is 19.5 Å². The van der Waals surface area contributed by atoms with Crippen molar-refractivity contribution in [1.29, 1.82) is 0 Å². The van der Waals surface area contributed by atoms with Crippen LogP contribution in [0.3, 0.4) is 0 Å². The molecule has 2 fully saturated rings. The SMILES string of the molecule is CSc1nc2c(=O)[nH]c(N)nc2n1[C@@H]1OC2CO[PH](O)(S)O[C@H]2[C@@H]1O. The van der Waals surface area contributed by atoms with Gasteiger partial charge in [-0.25, -0.2) is 0 Å². The summed E-state index contributed by atoms with van der Waals surface area (Å²) in [6.07, 6.45) is -1.74. The molecule has 2 saturated heterocycles. The molecule has 0 amide bonds. The van der Waals surface area contributed by atoms with E-state index < -0.39 is 37.2 Å². The summed E-state index contributed by atoms with van der Waals surface area (Å²) in [6, 6.07) is 0. The molecule has 0 bridgehead atoms. The summed E-state index contributed by atoms with van der Waals surface area (Å²) in [5.74, 6) is -0.0760. The minimum atomic E-state index is -3.59. The van der Waals surface area contributed by atoms with Crippen LogP contribution in [0.5, 0.6) is 0 Å². The van der Waals surface area contributed by atoms with Gasteiger partial charge in [-0.3, -0.25) is 0 Å². The van der Waals surface area contributed by atoms with Gasteiger partial charge >= 0.3 is 150 Å². The molecule has 2 aromatic rings. The number of fused-ring (bicyclic) bond motifs is 2. The molecule has 2 aliphatic heterocycles. The van der Waals surface area contributed by atoms with E-state index in [9.17, 15) is 14.8 Å². The normalized spacial score (nSPS) is 32.6. The zero-order chi connectivity index (χ0) is 17.9. The number of H-pyrrole nitrogens is 1. The van der Waals surface area contributed by atoms with Gasteiger partial charge in [0.1, 0.15) is 0 Å². The number of anilines is 1. The van der Waals surface area contributed by atoms with Crippen LogP contribution >= 0.6 is 31.2 Å². The number of hydrogen-bond acceptors (Lipinski definition) is 11.